The van der Waals surface area contributed by atoms with Crippen LogP contribution in [0.4, 0.5) is 0 Å². The van der Waals surface area contributed by atoms with E-state index < -0.39 is 15.3 Å². The summed E-state index contributed by atoms with van der Waals surface area (Å²) in [5.74, 6) is 0.469. The molecule has 0 aliphatic carbocycles. The molecule has 1 atom stereocenters. The van der Waals surface area contributed by atoms with E-state index in [9.17, 15) is 13.2 Å². The quantitative estimate of drug-likeness (QED) is 0.240. The molecule has 4 aromatic rings. The Kier molecular flexibility index (Phi) is 9.21. The van der Waals surface area contributed by atoms with Crippen molar-refractivity contribution in [3.05, 3.63) is 96.1 Å². The molecular formula is C29H33N5O3S2. The van der Waals surface area contributed by atoms with E-state index in [0.29, 0.717) is 36.2 Å². The number of hydrogen-bond acceptors (Lipinski definition) is 6. The van der Waals surface area contributed by atoms with Crippen molar-refractivity contribution in [2.45, 2.75) is 35.7 Å². The molecule has 1 heterocycles. The van der Waals surface area contributed by atoms with Crippen LogP contribution < -0.4 is 0 Å². The summed E-state index contributed by atoms with van der Waals surface area (Å²) in [6.07, 6.45) is 0. The Balaban J connectivity index is 1.81. The van der Waals surface area contributed by atoms with Gasteiger partial charge in [0.25, 0.3) is 0 Å². The summed E-state index contributed by atoms with van der Waals surface area (Å²) in [6.45, 7) is 4.87. The van der Waals surface area contributed by atoms with Gasteiger partial charge in [-0.2, -0.15) is 4.31 Å². The Bertz CT molecular complexity index is 1500. The van der Waals surface area contributed by atoms with E-state index in [0.717, 1.165) is 11.1 Å². The highest BCUT2D eigenvalue weighted by Crippen LogP contribution is 2.37. The van der Waals surface area contributed by atoms with Gasteiger partial charge in [-0.3, -0.25) is 9.36 Å². The van der Waals surface area contributed by atoms with Crippen molar-refractivity contribution >= 4 is 27.7 Å². The lowest BCUT2D eigenvalue weighted by atomic mass is 10.1. The molecule has 0 aliphatic rings. The molecule has 10 heteroatoms. The lowest BCUT2D eigenvalue weighted by Gasteiger charge is -2.21. The summed E-state index contributed by atoms with van der Waals surface area (Å²) >= 11 is 1.33. The first kappa shape index (κ1) is 28.5. The predicted molar refractivity (Wildman–Crippen MR) is 155 cm³/mol. The molecule has 1 aromatic heterocycles. The molecule has 1 amide bonds. The van der Waals surface area contributed by atoms with Crippen molar-refractivity contribution in [2.75, 3.05) is 27.2 Å². The highest BCUT2D eigenvalue weighted by Gasteiger charge is 2.28. The molecule has 4 rings (SSSR count). The van der Waals surface area contributed by atoms with Gasteiger partial charge in [0.1, 0.15) is 5.25 Å². The molecule has 0 fully saturated rings. The van der Waals surface area contributed by atoms with E-state index in [-0.39, 0.29) is 10.8 Å². The van der Waals surface area contributed by atoms with Gasteiger partial charge in [0.15, 0.2) is 11.0 Å². The maximum absolute atomic E-state index is 13.2. The van der Waals surface area contributed by atoms with Crippen molar-refractivity contribution in [3.63, 3.8) is 0 Å². The standard InChI is InChI=1S/C29H33N5O3S2/c1-5-33(6-2)39(36,37)25-19-13-18-24(20-25)27-30-31-29(34(27)21-22-14-9-7-10-15-22)38-26(28(35)32(3)4)23-16-11-8-12-17-23/h7-20,26H,5-6,21H2,1-4H3. The van der Waals surface area contributed by atoms with Crippen molar-refractivity contribution in [3.8, 4) is 11.4 Å². The zero-order valence-electron chi connectivity index (χ0n) is 22.6. The van der Waals surface area contributed by atoms with Crippen LogP contribution in [0.3, 0.4) is 0 Å². The highest BCUT2D eigenvalue weighted by atomic mass is 32.2. The number of hydrogen-bond donors (Lipinski definition) is 0. The van der Waals surface area contributed by atoms with Crippen LogP contribution in [0.2, 0.25) is 0 Å². The zero-order chi connectivity index (χ0) is 28.0. The fourth-order valence-corrected chi connectivity index (χ4v) is 6.92. The van der Waals surface area contributed by atoms with Crippen molar-refractivity contribution in [1.82, 2.24) is 24.0 Å². The number of rotatable bonds is 11. The largest absolute Gasteiger partial charge is 0.348 e. The number of thioether (sulfide) groups is 1. The molecule has 0 saturated carbocycles. The van der Waals surface area contributed by atoms with Gasteiger partial charge >= 0.3 is 0 Å². The van der Waals surface area contributed by atoms with Gasteiger partial charge in [0.2, 0.25) is 15.9 Å². The summed E-state index contributed by atoms with van der Waals surface area (Å²) in [4.78, 5) is 15.0. The van der Waals surface area contributed by atoms with E-state index in [1.165, 1.54) is 16.1 Å². The maximum Gasteiger partial charge on any atom is 0.243 e. The van der Waals surface area contributed by atoms with Gasteiger partial charge in [-0.15, -0.1) is 10.2 Å². The number of benzene rings is 3. The molecule has 0 bridgehead atoms. The molecule has 204 valence electrons. The second-order valence-electron chi connectivity index (χ2n) is 9.14. The monoisotopic (exact) mass is 563 g/mol. The van der Waals surface area contributed by atoms with Crippen LogP contribution in [0.5, 0.6) is 0 Å². The third-order valence-corrected chi connectivity index (χ3v) is 9.59. The number of carbonyl (C=O) groups excluding carboxylic acids is 1. The number of carbonyl (C=O) groups is 1. The fraction of sp³-hybridized carbons (Fsp3) is 0.276. The molecule has 0 spiro atoms. The number of amides is 1. The van der Waals surface area contributed by atoms with E-state index in [2.05, 4.69) is 10.2 Å². The van der Waals surface area contributed by atoms with Crippen LogP contribution in [-0.2, 0) is 21.4 Å². The first-order valence-electron chi connectivity index (χ1n) is 12.8. The van der Waals surface area contributed by atoms with Crippen molar-refractivity contribution < 1.29 is 13.2 Å². The SMILES string of the molecule is CCN(CC)S(=O)(=O)c1cccc(-c2nnc(SC(C(=O)N(C)C)c3ccccc3)n2Cc2ccccc2)c1. The van der Waals surface area contributed by atoms with E-state index in [1.54, 1.807) is 37.2 Å². The Labute approximate surface area is 234 Å². The van der Waals surface area contributed by atoms with Crippen LogP contribution in [0.25, 0.3) is 11.4 Å². The minimum absolute atomic E-state index is 0.0608. The first-order chi connectivity index (χ1) is 18.8. The summed E-state index contributed by atoms with van der Waals surface area (Å²) in [5.41, 5.74) is 2.53. The number of nitrogens with zero attached hydrogens (tertiary/aromatic N) is 5. The number of sulfonamides is 1. The van der Waals surface area contributed by atoms with Crippen LogP contribution >= 0.6 is 11.8 Å². The molecule has 39 heavy (non-hydrogen) atoms. The fourth-order valence-electron chi connectivity index (χ4n) is 4.23. The topological polar surface area (TPSA) is 88.4 Å². The second-order valence-corrected chi connectivity index (χ2v) is 12.1. The molecule has 0 aliphatic heterocycles. The number of aromatic nitrogens is 3. The predicted octanol–water partition coefficient (Wildman–Crippen LogP) is 4.95. The molecule has 0 N–H and O–H groups in total. The molecule has 0 saturated heterocycles. The lowest BCUT2D eigenvalue weighted by Crippen LogP contribution is -2.30. The average molecular weight is 564 g/mol. The van der Waals surface area contributed by atoms with Crippen molar-refractivity contribution in [1.29, 1.82) is 0 Å². The molecule has 8 nitrogen and oxygen atoms in total. The first-order valence-corrected chi connectivity index (χ1v) is 15.1. The van der Waals surface area contributed by atoms with Gasteiger partial charge in [0.05, 0.1) is 11.4 Å². The summed E-state index contributed by atoms with van der Waals surface area (Å²) in [6, 6.07) is 26.3. The van der Waals surface area contributed by atoms with Gasteiger partial charge in [-0.05, 0) is 23.3 Å². The van der Waals surface area contributed by atoms with Crippen molar-refractivity contribution in [2.24, 2.45) is 0 Å². The Morgan fingerprint density at radius 1 is 0.897 bits per heavy atom. The third-order valence-electron chi connectivity index (χ3n) is 6.33. The highest BCUT2D eigenvalue weighted by molar-refractivity contribution is 8.00. The van der Waals surface area contributed by atoms with Gasteiger partial charge < -0.3 is 4.90 Å². The minimum Gasteiger partial charge on any atom is -0.348 e. The normalized spacial score (nSPS) is 12.4. The van der Waals surface area contributed by atoms with Gasteiger partial charge in [-0.25, -0.2) is 8.42 Å². The number of likely N-dealkylation sites (N-methyl/N-ethyl adjacent to an activating group) is 1. The molecular weight excluding hydrogens is 530 g/mol. The smallest absolute Gasteiger partial charge is 0.243 e. The van der Waals surface area contributed by atoms with Crippen LogP contribution in [0.1, 0.15) is 30.2 Å². The molecule has 0 radical (unpaired) electrons. The van der Waals surface area contributed by atoms with E-state index >= 15 is 0 Å². The van der Waals surface area contributed by atoms with Gasteiger partial charge in [-0.1, -0.05) is 98.4 Å². The lowest BCUT2D eigenvalue weighted by molar-refractivity contribution is -0.128. The van der Waals surface area contributed by atoms with E-state index in [1.807, 2.05) is 85.1 Å². The zero-order valence-corrected chi connectivity index (χ0v) is 24.2. The molecule has 3 aromatic carbocycles. The summed E-state index contributed by atoms with van der Waals surface area (Å²) < 4.78 is 29.9. The molecule has 1 unspecified atom stereocenters. The van der Waals surface area contributed by atoms with Gasteiger partial charge in [0, 0.05) is 32.7 Å². The van der Waals surface area contributed by atoms with E-state index in [4.69, 9.17) is 0 Å². The second kappa shape index (κ2) is 12.6. The van der Waals surface area contributed by atoms with Crippen LogP contribution in [-0.4, -0.2) is 65.5 Å². The van der Waals surface area contributed by atoms with Crippen LogP contribution in [0.15, 0.2) is 95.0 Å². The minimum atomic E-state index is -3.65. The average Bonchev–Trinajstić information content (AvgIpc) is 3.34. The maximum atomic E-state index is 13.2. The Morgan fingerprint density at radius 3 is 2.15 bits per heavy atom. The summed E-state index contributed by atoms with van der Waals surface area (Å²) in [5, 5.41) is 9.04. The summed E-state index contributed by atoms with van der Waals surface area (Å²) in [7, 11) is -0.178. The Morgan fingerprint density at radius 2 is 1.54 bits per heavy atom. The van der Waals surface area contributed by atoms with Crippen LogP contribution in [0, 0.1) is 0 Å². The third kappa shape index (κ3) is 6.41. The Hall–Kier alpha value is -3.47.